The second-order valence-corrected chi connectivity index (χ2v) is 12.3. The molecule has 0 spiro atoms. The van der Waals surface area contributed by atoms with Crippen molar-refractivity contribution in [3.63, 3.8) is 0 Å². The van der Waals surface area contributed by atoms with E-state index in [0.29, 0.717) is 17.2 Å². The van der Waals surface area contributed by atoms with Crippen molar-refractivity contribution in [2.75, 3.05) is 0 Å². The summed E-state index contributed by atoms with van der Waals surface area (Å²) in [7, 11) is 0. The molecule has 0 saturated heterocycles. The van der Waals surface area contributed by atoms with Gasteiger partial charge in [-0.25, -0.2) is 0 Å². The van der Waals surface area contributed by atoms with Crippen molar-refractivity contribution < 1.29 is 15.3 Å². The van der Waals surface area contributed by atoms with Crippen molar-refractivity contribution in [2.24, 2.45) is 0 Å². The van der Waals surface area contributed by atoms with E-state index in [2.05, 4.69) is 48.5 Å². The minimum absolute atomic E-state index is 0.105. The molecule has 0 aromatic heterocycles. The number of phenolic OH excluding ortho intramolecular Hbond substituents is 3. The van der Waals surface area contributed by atoms with Crippen LogP contribution in [0.15, 0.2) is 64.4 Å². The Labute approximate surface area is 216 Å². The summed E-state index contributed by atoms with van der Waals surface area (Å²) < 4.78 is 0. The number of hydrogen-bond acceptors (Lipinski definition) is 4. The molecule has 0 heterocycles. The first kappa shape index (κ1) is 28.6. The third-order valence-electron chi connectivity index (χ3n) is 5.95. The molecule has 3 rings (SSSR count). The molecule has 0 saturated carbocycles. The summed E-state index contributed by atoms with van der Waals surface area (Å²) in [4.78, 5) is 2.16. The summed E-state index contributed by atoms with van der Waals surface area (Å²) in [6.07, 6.45) is 3.32. The van der Waals surface area contributed by atoms with E-state index in [-0.39, 0.29) is 10.8 Å². The van der Waals surface area contributed by atoms with E-state index in [1.54, 1.807) is 30.0 Å². The number of hydrogen-bond donors (Lipinski definition) is 3. The van der Waals surface area contributed by atoms with Crippen LogP contribution < -0.4 is 0 Å². The fraction of sp³-hybridized carbons (Fsp3) is 0.419. The molecular formula is C31H42O3S. The van der Waals surface area contributed by atoms with E-state index in [1.165, 1.54) is 12.0 Å². The molecule has 3 N–H and O–H groups in total. The lowest BCUT2D eigenvalue weighted by Gasteiger charge is -2.22. The van der Waals surface area contributed by atoms with Crippen LogP contribution in [0.25, 0.3) is 0 Å². The highest BCUT2D eigenvalue weighted by molar-refractivity contribution is 7.99. The minimum Gasteiger partial charge on any atom is -0.508 e. The Morgan fingerprint density at radius 2 is 1.17 bits per heavy atom. The van der Waals surface area contributed by atoms with Crippen LogP contribution in [-0.4, -0.2) is 15.3 Å². The third-order valence-corrected chi connectivity index (χ3v) is 6.93. The summed E-state index contributed by atoms with van der Waals surface area (Å²) in [6.45, 7) is 16.8. The Kier molecular flexibility index (Phi) is 9.74. The first-order valence-electron chi connectivity index (χ1n) is 12.4. The normalized spacial score (nSPS) is 11.7. The van der Waals surface area contributed by atoms with E-state index < -0.39 is 0 Å². The van der Waals surface area contributed by atoms with Gasteiger partial charge in [0.2, 0.25) is 0 Å². The average Bonchev–Trinajstić information content (AvgIpc) is 2.75. The van der Waals surface area contributed by atoms with Crippen molar-refractivity contribution in [3.8, 4) is 17.2 Å². The number of rotatable bonds is 5. The molecule has 0 fully saturated rings. The molecule has 0 aliphatic carbocycles. The molecule has 3 nitrogen and oxygen atoms in total. The zero-order chi connectivity index (χ0) is 26.4. The maximum Gasteiger partial charge on any atom is 0.119 e. The van der Waals surface area contributed by atoms with Crippen LogP contribution in [0.3, 0.4) is 0 Å². The summed E-state index contributed by atoms with van der Waals surface area (Å²) in [5, 5.41) is 29.7. The number of unbranched alkanes of at least 4 members (excludes halogenated alkanes) is 1. The van der Waals surface area contributed by atoms with E-state index in [4.69, 9.17) is 0 Å². The number of benzene rings is 3. The number of aryl methyl sites for hydroxylation is 1. The molecule has 4 heteroatoms. The van der Waals surface area contributed by atoms with Gasteiger partial charge in [0.15, 0.2) is 0 Å². The van der Waals surface area contributed by atoms with Crippen molar-refractivity contribution in [1.82, 2.24) is 0 Å². The van der Waals surface area contributed by atoms with Crippen LogP contribution in [0.1, 0.15) is 83.6 Å². The molecule has 3 aromatic carbocycles. The molecule has 190 valence electrons. The van der Waals surface area contributed by atoms with Gasteiger partial charge < -0.3 is 15.3 Å². The fourth-order valence-corrected chi connectivity index (χ4v) is 4.76. The Morgan fingerprint density at radius 3 is 1.57 bits per heavy atom. The largest absolute Gasteiger partial charge is 0.508 e. The summed E-state index contributed by atoms with van der Waals surface area (Å²) >= 11 is 1.64. The first-order valence-corrected chi connectivity index (χ1v) is 13.2. The van der Waals surface area contributed by atoms with Crippen molar-refractivity contribution in [1.29, 1.82) is 0 Å². The van der Waals surface area contributed by atoms with Crippen molar-refractivity contribution >= 4 is 11.8 Å². The topological polar surface area (TPSA) is 60.7 Å². The quantitative estimate of drug-likeness (QED) is 0.331. The van der Waals surface area contributed by atoms with Gasteiger partial charge in [-0.15, -0.1) is 0 Å². The average molecular weight is 495 g/mol. The number of aromatic hydroxyl groups is 3. The van der Waals surface area contributed by atoms with Gasteiger partial charge in [-0.05, 0) is 84.2 Å². The maximum absolute atomic E-state index is 10.1. The summed E-state index contributed by atoms with van der Waals surface area (Å²) in [5.41, 5.74) is 3.98. The molecule has 0 unspecified atom stereocenters. The Hall–Kier alpha value is -2.59. The van der Waals surface area contributed by atoms with Crippen LogP contribution in [0.2, 0.25) is 0 Å². The van der Waals surface area contributed by atoms with Crippen LogP contribution in [-0.2, 0) is 17.3 Å². The van der Waals surface area contributed by atoms with E-state index in [1.807, 2.05) is 43.3 Å². The second kappa shape index (κ2) is 11.9. The zero-order valence-electron chi connectivity index (χ0n) is 22.6. The number of phenols is 3. The smallest absolute Gasteiger partial charge is 0.119 e. The molecule has 0 amide bonds. The van der Waals surface area contributed by atoms with Gasteiger partial charge in [-0.1, -0.05) is 78.8 Å². The highest BCUT2D eigenvalue weighted by atomic mass is 32.2. The van der Waals surface area contributed by atoms with E-state index in [0.717, 1.165) is 39.3 Å². The van der Waals surface area contributed by atoms with Crippen LogP contribution in [0.4, 0.5) is 0 Å². The molecule has 35 heavy (non-hydrogen) atoms. The Bertz CT molecular complexity index is 1040. The van der Waals surface area contributed by atoms with Gasteiger partial charge in [0.1, 0.15) is 17.2 Å². The second-order valence-electron chi connectivity index (χ2n) is 11.1. The predicted molar refractivity (Wildman–Crippen MR) is 149 cm³/mol. The SMILES string of the molecule is CC(C)(C)c1cc(Sc2ccc(O)c(C(C)(C)C)c2)ccc1O.CCCCc1c(C)cccc1O. The Balaban J connectivity index is 0.000000303. The van der Waals surface area contributed by atoms with Gasteiger partial charge in [0.05, 0.1) is 0 Å². The molecule has 3 aromatic rings. The van der Waals surface area contributed by atoms with E-state index in [9.17, 15) is 15.3 Å². The fourth-order valence-electron chi connectivity index (χ4n) is 3.86. The molecule has 0 bridgehead atoms. The predicted octanol–water partition coefficient (Wildman–Crippen LogP) is 8.89. The molecule has 0 radical (unpaired) electrons. The Morgan fingerprint density at radius 1 is 0.686 bits per heavy atom. The first-order chi connectivity index (χ1) is 16.2. The van der Waals surface area contributed by atoms with Gasteiger partial charge in [-0.2, -0.15) is 0 Å². The molecular weight excluding hydrogens is 452 g/mol. The zero-order valence-corrected chi connectivity index (χ0v) is 23.4. The van der Waals surface area contributed by atoms with Crippen LogP contribution in [0.5, 0.6) is 17.2 Å². The lowest BCUT2D eigenvalue weighted by molar-refractivity contribution is 0.445. The van der Waals surface area contributed by atoms with Gasteiger partial charge in [-0.3, -0.25) is 0 Å². The standard InChI is InChI=1S/C20H26O2S.C11H16O/c1-19(2,3)15-11-13(7-9-17(15)21)23-14-8-10-18(22)16(12-14)20(4,5)6;1-3-4-7-10-9(2)6-5-8-11(10)12/h7-12,21-22H,1-6H3;5-6,8,12H,3-4,7H2,1-2H3. The lowest BCUT2D eigenvalue weighted by atomic mass is 9.86. The van der Waals surface area contributed by atoms with Gasteiger partial charge >= 0.3 is 0 Å². The maximum atomic E-state index is 10.1. The van der Waals surface area contributed by atoms with Crippen molar-refractivity contribution in [2.45, 2.75) is 95.3 Å². The highest BCUT2D eigenvalue weighted by Crippen LogP contribution is 2.39. The minimum atomic E-state index is -0.105. The molecule has 0 aliphatic rings. The molecule has 0 atom stereocenters. The van der Waals surface area contributed by atoms with Gasteiger partial charge in [0, 0.05) is 20.9 Å². The summed E-state index contributed by atoms with van der Waals surface area (Å²) in [6, 6.07) is 17.2. The van der Waals surface area contributed by atoms with Crippen molar-refractivity contribution in [3.05, 3.63) is 76.9 Å². The monoisotopic (exact) mass is 494 g/mol. The lowest BCUT2D eigenvalue weighted by Crippen LogP contribution is -2.11. The summed E-state index contributed by atoms with van der Waals surface area (Å²) in [5.74, 6) is 1.12. The molecule has 0 aliphatic heterocycles. The van der Waals surface area contributed by atoms with E-state index >= 15 is 0 Å². The third kappa shape index (κ3) is 8.24. The van der Waals surface area contributed by atoms with Gasteiger partial charge in [0.25, 0.3) is 0 Å². The van der Waals surface area contributed by atoms with Crippen LogP contribution in [0, 0.1) is 6.92 Å². The highest BCUT2D eigenvalue weighted by Gasteiger charge is 2.20. The van der Waals surface area contributed by atoms with Crippen LogP contribution >= 0.6 is 11.8 Å².